The zero-order chi connectivity index (χ0) is 16.8. The van der Waals surface area contributed by atoms with Gasteiger partial charge in [0.25, 0.3) is 5.69 Å². The van der Waals surface area contributed by atoms with Gasteiger partial charge in [-0.25, -0.2) is 4.79 Å². The van der Waals surface area contributed by atoms with E-state index in [2.05, 4.69) is 5.32 Å². The minimum atomic E-state index is -0.530. The van der Waals surface area contributed by atoms with Crippen LogP contribution in [0.5, 0.6) is 5.75 Å². The Balaban J connectivity index is 2.17. The summed E-state index contributed by atoms with van der Waals surface area (Å²) in [5.41, 5.74) is 0.976. The van der Waals surface area contributed by atoms with Gasteiger partial charge in [-0.2, -0.15) is 0 Å². The van der Waals surface area contributed by atoms with Crippen molar-refractivity contribution in [2.24, 2.45) is 0 Å². The Hall–Kier alpha value is -3.03. The van der Waals surface area contributed by atoms with E-state index in [4.69, 9.17) is 9.15 Å². The lowest BCUT2D eigenvalue weighted by Gasteiger charge is -2.21. The van der Waals surface area contributed by atoms with Gasteiger partial charge in [0.15, 0.2) is 0 Å². The number of benzene rings is 1. The predicted molar refractivity (Wildman–Crippen MR) is 83.5 cm³/mol. The summed E-state index contributed by atoms with van der Waals surface area (Å²) in [6.07, 6.45) is 3.09. The van der Waals surface area contributed by atoms with Gasteiger partial charge in [0.2, 0.25) is 0 Å². The van der Waals surface area contributed by atoms with Crippen LogP contribution in [0.25, 0.3) is 0 Å². The highest BCUT2D eigenvalue weighted by Gasteiger charge is 2.17. The molecule has 0 spiro atoms. The molecule has 0 radical (unpaired) electrons. The molecule has 1 N–H and O–H groups in total. The Morgan fingerprint density at radius 2 is 2.22 bits per heavy atom. The van der Waals surface area contributed by atoms with Crippen LogP contribution in [-0.4, -0.2) is 29.5 Å². The smallest absolute Gasteiger partial charge is 0.322 e. The van der Waals surface area contributed by atoms with Crippen LogP contribution in [0.2, 0.25) is 0 Å². The first-order chi connectivity index (χ1) is 11.0. The van der Waals surface area contributed by atoms with Crippen molar-refractivity contribution < 1.29 is 18.9 Å². The number of nitro groups is 1. The quantitative estimate of drug-likeness (QED) is 0.651. The number of carbonyl (C=O) groups is 1. The second kappa shape index (κ2) is 7.30. The van der Waals surface area contributed by atoms with Gasteiger partial charge in [-0.05, 0) is 19.1 Å². The fraction of sp³-hybridized carbons (Fsp3) is 0.267. The lowest BCUT2D eigenvalue weighted by Crippen LogP contribution is -2.34. The highest BCUT2D eigenvalue weighted by atomic mass is 16.6. The molecule has 2 rings (SSSR count). The number of rotatable bonds is 6. The minimum Gasteiger partial charge on any atom is -0.495 e. The molecule has 0 aliphatic carbocycles. The summed E-state index contributed by atoms with van der Waals surface area (Å²) in [5.74, 6) is 0.350. The number of carbonyl (C=O) groups excluding carboxylic acids is 1. The summed E-state index contributed by atoms with van der Waals surface area (Å²) >= 11 is 0. The average Bonchev–Trinajstić information content (AvgIpc) is 3.05. The van der Waals surface area contributed by atoms with Crippen LogP contribution in [-0.2, 0) is 6.54 Å². The topological polar surface area (TPSA) is 97.9 Å². The van der Waals surface area contributed by atoms with E-state index in [1.165, 1.54) is 31.6 Å². The van der Waals surface area contributed by atoms with E-state index < -0.39 is 4.92 Å². The molecule has 0 aliphatic heterocycles. The zero-order valence-electron chi connectivity index (χ0n) is 12.8. The van der Waals surface area contributed by atoms with Crippen LogP contribution in [0.15, 0.2) is 41.2 Å². The summed E-state index contributed by atoms with van der Waals surface area (Å²) in [6.45, 7) is 2.68. The van der Waals surface area contributed by atoms with E-state index >= 15 is 0 Å². The summed E-state index contributed by atoms with van der Waals surface area (Å²) in [6, 6.07) is 5.41. The molecule has 0 fully saturated rings. The van der Waals surface area contributed by atoms with Crippen molar-refractivity contribution in [1.29, 1.82) is 0 Å². The van der Waals surface area contributed by atoms with Crippen molar-refractivity contribution in [2.75, 3.05) is 19.0 Å². The third-order valence-electron chi connectivity index (χ3n) is 3.26. The van der Waals surface area contributed by atoms with Gasteiger partial charge in [-0.15, -0.1) is 0 Å². The van der Waals surface area contributed by atoms with E-state index in [1.54, 1.807) is 17.2 Å². The van der Waals surface area contributed by atoms with Crippen LogP contribution < -0.4 is 10.1 Å². The predicted octanol–water partition coefficient (Wildman–Crippen LogP) is 3.25. The Kier molecular flexibility index (Phi) is 5.19. The molecule has 122 valence electrons. The largest absolute Gasteiger partial charge is 0.495 e. The summed E-state index contributed by atoms with van der Waals surface area (Å²) < 4.78 is 10.1. The van der Waals surface area contributed by atoms with Crippen molar-refractivity contribution in [3.8, 4) is 5.75 Å². The van der Waals surface area contributed by atoms with E-state index in [0.717, 1.165) is 5.56 Å². The van der Waals surface area contributed by atoms with E-state index in [9.17, 15) is 14.9 Å². The van der Waals surface area contributed by atoms with E-state index in [-0.39, 0.29) is 17.4 Å². The molecule has 1 heterocycles. The maximum Gasteiger partial charge on any atom is 0.322 e. The van der Waals surface area contributed by atoms with Crippen molar-refractivity contribution in [3.05, 3.63) is 52.5 Å². The SMILES string of the molecule is CCN(Cc1ccoc1)C(=O)Nc1cc([N+](=O)[O-])ccc1OC. The van der Waals surface area contributed by atoms with Crippen molar-refractivity contribution in [1.82, 2.24) is 4.90 Å². The molecule has 8 nitrogen and oxygen atoms in total. The Bertz CT molecular complexity index is 684. The van der Waals surface area contributed by atoms with Gasteiger partial charge < -0.3 is 19.4 Å². The molecule has 0 saturated carbocycles. The molecule has 8 heteroatoms. The molecule has 2 aromatic rings. The van der Waals surface area contributed by atoms with Crippen LogP contribution in [0.3, 0.4) is 0 Å². The number of nitro benzene ring substituents is 1. The maximum absolute atomic E-state index is 12.4. The molecular formula is C15H17N3O5. The van der Waals surface area contributed by atoms with Crippen LogP contribution in [0.1, 0.15) is 12.5 Å². The lowest BCUT2D eigenvalue weighted by atomic mass is 10.2. The van der Waals surface area contributed by atoms with Crippen LogP contribution in [0.4, 0.5) is 16.2 Å². The fourth-order valence-electron chi connectivity index (χ4n) is 2.03. The molecule has 0 saturated heterocycles. The van der Waals surface area contributed by atoms with Crippen LogP contribution in [0, 0.1) is 10.1 Å². The summed E-state index contributed by atoms with van der Waals surface area (Å²) in [5, 5.41) is 13.5. The number of urea groups is 1. The first kappa shape index (κ1) is 16.3. The van der Waals surface area contributed by atoms with Gasteiger partial charge in [0.05, 0.1) is 36.8 Å². The maximum atomic E-state index is 12.4. The van der Waals surface area contributed by atoms with Gasteiger partial charge in [-0.1, -0.05) is 0 Å². The number of furan rings is 1. The monoisotopic (exact) mass is 319 g/mol. The van der Waals surface area contributed by atoms with Crippen molar-refractivity contribution in [3.63, 3.8) is 0 Å². The number of nitrogens with zero attached hydrogens (tertiary/aromatic N) is 2. The molecule has 0 unspecified atom stereocenters. The van der Waals surface area contributed by atoms with Crippen LogP contribution >= 0.6 is 0 Å². The first-order valence-corrected chi connectivity index (χ1v) is 6.94. The third kappa shape index (κ3) is 4.00. The number of methoxy groups -OCH3 is 1. The number of anilines is 1. The highest BCUT2D eigenvalue weighted by Crippen LogP contribution is 2.29. The Labute approximate surface area is 132 Å². The first-order valence-electron chi connectivity index (χ1n) is 6.94. The second-order valence-corrected chi connectivity index (χ2v) is 4.72. The number of nitrogens with one attached hydrogen (secondary N) is 1. The summed E-state index contributed by atoms with van der Waals surface area (Å²) in [4.78, 5) is 24.3. The molecule has 2 amide bonds. The highest BCUT2D eigenvalue weighted by molar-refractivity contribution is 5.91. The molecule has 23 heavy (non-hydrogen) atoms. The molecule has 0 atom stereocenters. The minimum absolute atomic E-state index is 0.126. The van der Waals surface area contributed by atoms with Crippen molar-refractivity contribution in [2.45, 2.75) is 13.5 Å². The number of hydrogen-bond acceptors (Lipinski definition) is 5. The van der Waals surface area contributed by atoms with Gasteiger partial charge in [-0.3, -0.25) is 10.1 Å². The number of amides is 2. The Morgan fingerprint density at radius 3 is 2.78 bits per heavy atom. The van der Waals surface area contributed by atoms with E-state index in [0.29, 0.717) is 18.8 Å². The number of non-ortho nitro benzene ring substituents is 1. The van der Waals surface area contributed by atoms with Gasteiger partial charge in [0, 0.05) is 24.2 Å². The third-order valence-corrected chi connectivity index (χ3v) is 3.26. The Morgan fingerprint density at radius 1 is 1.43 bits per heavy atom. The number of hydrogen-bond donors (Lipinski definition) is 1. The summed E-state index contributed by atoms with van der Waals surface area (Å²) in [7, 11) is 1.43. The zero-order valence-corrected chi connectivity index (χ0v) is 12.8. The molecular weight excluding hydrogens is 302 g/mol. The van der Waals surface area contributed by atoms with Gasteiger partial charge in [0.1, 0.15) is 5.75 Å². The van der Waals surface area contributed by atoms with Gasteiger partial charge >= 0.3 is 6.03 Å². The average molecular weight is 319 g/mol. The fourth-order valence-corrected chi connectivity index (χ4v) is 2.03. The molecule has 0 bridgehead atoms. The standard InChI is InChI=1S/C15H17N3O5/c1-3-17(9-11-6-7-23-10-11)15(19)16-13-8-12(18(20)21)4-5-14(13)22-2/h4-8,10H,3,9H2,1-2H3,(H,16,19). The lowest BCUT2D eigenvalue weighted by molar-refractivity contribution is -0.384. The number of ether oxygens (including phenoxy) is 1. The molecule has 1 aromatic heterocycles. The molecule has 0 aliphatic rings. The normalized spacial score (nSPS) is 10.2. The molecule has 1 aromatic carbocycles. The van der Waals surface area contributed by atoms with Crippen molar-refractivity contribution >= 4 is 17.4 Å². The van der Waals surface area contributed by atoms with E-state index in [1.807, 2.05) is 6.92 Å². The second-order valence-electron chi connectivity index (χ2n) is 4.72.